The third kappa shape index (κ3) is 5.07. The fourth-order valence-corrected chi connectivity index (χ4v) is 4.48. The molecule has 1 heterocycles. The molecule has 3 nitrogen and oxygen atoms in total. The van der Waals surface area contributed by atoms with Gasteiger partial charge in [0, 0.05) is 13.2 Å². The summed E-state index contributed by atoms with van der Waals surface area (Å²) in [5.41, 5.74) is 2.81. The minimum absolute atomic E-state index is 0.105. The SMILES string of the molecule is C=C(C(=C\NC)/C=C1/SC(=NC2C=CC=CCC2C)C(C)C1=O)c1ccccc1. The van der Waals surface area contributed by atoms with Gasteiger partial charge in [0.1, 0.15) is 0 Å². The van der Waals surface area contributed by atoms with E-state index in [0.29, 0.717) is 5.92 Å². The van der Waals surface area contributed by atoms with Crippen molar-refractivity contribution in [3.05, 3.63) is 89.5 Å². The molecule has 4 heteroatoms. The molecule has 150 valence electrons. The zero-order valence-corrected chi connectivity index (χ0v) is 18.1. The second-order valence-corrected chi connectivity index (χ2v) is 8.48. The van der Waals surface area contributed by atoms with Gasteiger partial charge < -0.3 is 5.32 Å². The summed E-state index contributed by atoms with van der Waals surface area (Å²) in [7, 11) is 1.85. The van der Waals surface area contributed by atoms with Crippen LogP contribution in [0.15, 0.2) is 89.0 Å². The van der Waals surface area contributed by atoms with Gasteiger partial charge in [-0.15, -0.1) is 0 Å². The van der Waals surface area contributed by atoms with E-state index in [0.717, 1.165) is 33.1 Å². The topological polar surface area (TPSA) is 41.5 Å². The molecule has 0 radical (unpaired) electrons. The van der Waals surface area contributed by atoms with Crippen molar-refractivity contribution < 1.29 is 4.79 Å². The number of ketones is 1. The monoisotopic (exact) mass is 404 g/mol. The molecule has 1 aliphatic heterocycles. The van der Waals surface area contributed by atoms with Gasteiger partial charge in [-0.3, -0.25) is 9.79 Å². The van der Waals surface area contributed by atoms with Gasteiger partial charge in [0.2, 0.25) is 0 Å². The Morgan fingerprint density at radius 3 is 2.72 bits per heavy atom. The molecular formula is C25H28N2OS. The maximum Gasteiger partial charge on any atom is 0.178 e. The van der Waals surface area contributed by atoms with Crippen LogP contribution in [0.2, 0.25) is 0 Å². The van der Waals surface area contributed by atoms with Gasteiger partial charge >= 0.3 is 0 Å². The summed E-state index contributed by atoms with van der Waals surface area (Å²) >= 11 is 1.49. The molecule has 1 aliphatic carbocycles. The number of allylic oxidation sites excluding steroid dienone is 7. The van der Waals surface area contributed by atoms with E-state index in [9.17, 15) is 4.79 Å². The number of nitrogens with zero attached hydrogens (tertiary/aromatic N) is 1. The Morgan fingerprint density at radius 2 is 2.00 bits per heavy atom. The van der Waals surface area contributed by atoms with Crippen LogP contribution in [0.25, 0.3) is 5.57 Å². The van der Waals surface area contributed by atoms with Crippen molar-refractivity contribution in [3.8, 4) is 0 Å². The molecule has 29 heavy (non-hydrogen) atoms. The molecule has 3 unspecified atom stereocenters. The van der Waals surface area contributed by atoms with Gasteiger partial charge in [-0.25, -0.2) is 0 Å². The third-order valence-electron chi connectivity index (χ3n) is 5.20. The van der Waals surface area contributed by atoms with Crippen molar-refractivity contribution in [1.82, 2.24) is 5.32 Å². The molecule has 0 aromatic heterocycles. The van der Waals surface area contributed by atoms with E-state index in [1.54, 1.807) is 0 Å². The van der Waals surface area contributed by atoms with E-state index in [1.807, 2.05) is 56.6 Å². The van der Waals surface area contributed by atoms with Crippen molar-refractivity contribution in [3.63, 3.8) is 0 Å². The number of benzene rings is 1. The van der Waals surface area contributed by atoms with Crippen molar-refractivity contribution in [2.45, 2.75) is 26.3 Å². The molecule has 1 aromatic rings. The van der Waals surface area contributed by atoms with Gasteiger partial charge in [0.25, 0.3) is 0 Å². The molecule has 0 bridgehead atoms. The summed E-state index contributed by atoms with van der Waals surface area (Å²) in [6.07, 6.45) is 13.2. The molecule has 3 rings (SSSR count). The number of carbonyl (C=O) groups excluding carboxylic acids is 1. The maximum atomic E-state index is 12.9. The second kappa shape index (κ2) is 9.75. The lowest BCUT2D eigenvalue weighted by Gasteiger charge is -2.15. The van der Waals surface area contributed by atoms with E-state index in [2.05, 4.69) is 43.1 Å². The molecule has 0 saturated carbocycles. The average molecular weight is 405 g/mol. The van der Waals surface area contributed by atoms with Crippen molar-refractivity contribution in [1.29, 1.82) is 0 Å². The van der Waals surface area contributed by atoms with Crippen LogP contribution < -0.4 is 5.32 Å². The number of aliphatic imine (C=N–C) groups is 1. The van der Waals surface area contributed by atoms with E-state index >= 15 is 0 Å². The predicted octanol–water partition coefficient (Wildman–Crippen LogP) is 5.56. The Morgan fingerprint density at radius 1 is 1.24 bits per heavy atom. The van der Waals surface area contributed by atoms with E-state index < -0.39 is 0 Å². The minimum Gasteiger partial charge on any atom is -0.393 e. The Kier molecular flexibility index (Phi) is 7.10. The standard InChI is InChI=1S/C25H28N2OS/c1-17-11-7-5-10-14-22(17)27-25-19(3)24(28)23(29-25)15-21(16-26-4)18(2)20-12-8-6-9-13-20/h5-10,12-17,19,22,26H,2,11H2,1,3-4H3/b21-16-,23-15+,27-25?. The number of carbonyl (C=O) groups is 1. The van der Waals surface area contributed by atoms with Crippen LogP contribution in [-0.2, 0) is 4.79 Å². The Balaban J connectivity index is 1.87. The number of hydrogen-bond acceptors (Lipinski definition) is 4. The average Bonchev–Trinajstić information content (AvgIpc) is 2.87. The van der Waals surface area contributed by atoms with E-state index in [4.69, 9.17) is 4.99 Å². The summed E-state index contributed by atoms with van der Waals surface area (Å²) in [5.74, 6) is 0.343. The molecule has 1 saturated heterocycles. The lowest BCUT2D eigenvalue weighted by molar-refractivity contribution is -0.116. The largest absolute Gasteiger partial charge is 0.393 e. The van der Waals surface area contributed by atoms with E-state index in [1.165, 1.54) is 11.8 Å². The fourth-order valence-electron chi connectivity index (χ4n) is 3.33. The summed E-state index contributed by atoms with van der Waals surface area (Å²) < 4.78 is 0. The number of rotatable bonds is 5. The zero-order valence-electron chi connectivity index (χ0n) is 17.3. The lowest BCUT2D eigenvalue weighted by Crippen LogP contribution is -2.17. The van der Waals surface area contributed by atoms with Crippen LogP contribution in [0, 0.1) is 11.8 Å². The Bertz CT molecular complexity index is 921. The molecule has 1 aromatic carbocycles. The first-order chi connectivity index (χ1) is 14.0. The highest BCUT2D eigenvalue weighted by Gasteiger charge is 2.34. The van der Waals surface area contributed by atoms with Crippen LogP contribution in [0.4, 0.5) is 0 Å². The fraction of sp³-hybridized carbons (Fsp3) is 0.280. The first-order valence-corrected chi connectivity index (χ1v) is 10.8. The first kappa shape index (κ1) is 21.1. The quantitative estimate of drug-likeness (QED) is 0.516. The molecular weight excluding hydrogens is 376 g/mol. The summed E-state index contributed by atoms with van der Waals surface area (Å²) in [6.45, 7) is 8.40. The number of hydrogen-bond donors (Lipinski definition) is 1. The zero-order chi connectivity index (χ0) is 20.8. The number of Topliss-reactive ketones (excluding diaryl/α,β-unsaturated/α-hetero) is 1. The molecule has 0 spiro atoms. The Hall–Kier alpha value is -2.59. The predicted molar refractivity (Wildman–Crippen MR) is 126 cm³/mol. The van der Waals surface area contributed by atoms with Gasteiger partial charge in [0.15, 0.2) is 5.78 Å². The van der Waals surface area contributed by atoms with Gasteiger partial charge in [-0.05, 0) is 42.0 Å². The molecule has 0 amide bonds. The highest BCUT2D eigenvalue weighted by molar-refractivity contribution is 8.18. The lowest BCUT2D eigenvalue weighted by atomic mass is 9.98. The van der Waals surface area contributed by atoms with Crippen molar-refractivity contribution in [2.75, 3.05) is 7.05 Å². The number of thioether (sulfide) groups is 1. The van der Waals surface area contributed by atoms with E-state index in [-0.39, 0.29) is 17.7 Å². The number of nitrogens with one attached hydrogen (secondary N) is 1. The minimum atomic E-state index is -0.205. The highest BCUT2D eigenvalue weighted by atomic mass is 32.2. The van der Waals surface area contributed by atoms with Crippen LogP contribution in [0.1, 0.15) is 25.8 Å². The molecule has 1 N–H and O–H groups in total. The van der Waals surface area contributed by atoms with Crippen LogP contribution in [-0.4, -0.2) is 23.9 Å². The van der Waals surface area contributed by atoms with Crippen LogP contribution >= 0.6 is 11.8 Å². The van der Waals surface area contributed by atoms with Gasteiger partial charge in [0.05, 0.1) is 21.9 Å². The molecule has 2 aliphatic rings. The molecule has 3 atom stereocenters. The highest BCUT2D eigenvalue weighted by Crippen LogP contribution is 2.37. The summed E-state index contributed by atoms with van der Waals surface area (Å²) in [5, 5.41) is 3.98. The molecule has 1 fully saturated rings. The van der Waals surface area contributed by atoms with Crippen LogP contribution in [0.5, 0.6) is 0 Å². The summed E-state index contributed by atoms with van der Waals surface area (Å²) in [6, 6.07) is 10.1. The van der Waals surface area contributed by atoms with Crippen LogP contribution in [0.3, 0.4) is 0 Å². The normalized spacial score (nSPS) is 27.5. The second-order valence-electron chi connectivity index (χ2n) is 7.41. The van der Waals surface area contributed by atoms with Crippen molar-refractivity contribution in [2.24, 2.45) is 16.8 Å². The Labute approximate surface area is 178 Å². The van der Waals surface area contributed by atoms with Gasteiger partial charge in [-0.2, -0.15) is 0 Å². The first-order valence-electron chi connectivity index (χ1n) is 9.98. The van der Waals surface area contributed by atoms with Crippen molar-refractivity contribution >= 4 is 28.2 Å². The maximum absolute atomic E-state index is 12.9. The third-order valence-corrected chi connectivity index (χ3v) is 6.41. The van der Waals surface area contributed by atoms with Gasteiger partial charge in [-0.1, -0.05) is 79.9 Å². The summed E-state index contributed by atoms with van der Waals surface area (Å²) in [4.78, 5) is 18.6. The smallest absolute Gasteiger partial charge is 0.178 e.